The van der Waals surface area contributed by atoms with E-state index >= 15 is 0 Å². The Morgan fingerprint density at radius 3 is 2.20 bits per heavy atom. The second kappa shape index (κ2) is 12.2. The molecular formula is C34H39FN2O3. The molecule has 1 heterocycles. The fraction of sp³-hybridized carbons (Fsp3) is 0.412. The highest BCUT2D eigenvalue weighted by Crippen LogP contribution is 2.45. The third kappa shape index (κ3) is 6.22. The molecule has 0 unspecified atom stereocenters. The predicted molar refractivity (Wildman–Crippen MR) is 154 cm³/mol. The van der Waals surface area contributed by atoms with Crippen molar-refractivity contribution in [3.8, 4) is 5.75 Å². The Kier molecular flexibility index (Phi) is 8.53. The highest BCUT2D eigenvalue weighted by Gasteiger charge is 2.48. The van der Waals surface area contributed by atoms with Gasteiger partial charge in [0.25, 0.3) is 0 Å². The van der Waals surface area contributed by atoms with E-state index in [-0.39, 0.29) is 17.6 Å². The van der Waals surface area contributed by atoms with E-state index in [1.807, 2.05) is 72.6 Å². The van der Waals surface area contributed by atoms with E-state index in [0.717, 1.165) is 55.4 Å². The summed E-state index contributed by atoms with van der Waals surface area (Å²) in [5, 5.41) is 0. The fourth-order valence-electron chi connectivity index (χ4n) is 6.52. The number of carbonyl (C=O) groups is 2. The summed E-state index contributed by atoms with van der Waals surface area (Å²) < 4.78 is 20.0. The van der Waals surface area contributed by atoms with Crippen molar-refractivity contribution in [1.29, 1.82) is 0 Å². The van der Waals surface area contributed by atoms with Gasteiger partial charge in [0.1, 0.15) is 11.6 Å². The molecule has 1 aliphatic carbocycles. The molecule has 2 amide bonds. The zero-order chi connectivity index (χ0) is 28.0. The molecule has 3 aromatic rings. The van der Waals surface area contributed by atoms with Crippen molar-refractivity contribution in [3.05, 3.63) is 102 Å². The molecule has 0 radical (unpaired) electrons. The first-order chi connectivity index (χ1) is 19.4. The van der Waals surface area contributed by atoms with Gasteiger partial charge in [-0.1, -0.05) is 73.5 Å². The van der Waals surface area contributed by atoms with Gasteiger partial charge in [-0.05, 0) is 61.1 Å². The second-order valence-electron chi connectivity index (χ2n) is 11.6. The van der Waals surface area contributed by atoms with Gasteiger partial charge in [0, 0.05) is 38.5 Å². The van der Waals surface area contributed by atoms with Gasteiger partial charge in [0.05, 0.1) is 12.0 Å². The molecule has 2 fully saturated rings. The largest absolute Gasteiger partial charge is 0.493 e. The Balaban J connectivity index is 1.38. The molecule has 1 saturated heterocycles. The van der Waals surface area contributed by atoms with Crippen molar-refractivity contribution in [2.24, 2.45) is 5.41 Å². The van der Waals surface area contributed by atoms with E-state index in [2.05, 4.69) is 0 Å². The highest BCUT2D eigenvalue weighted by atomic mass is 19.1. The lowest BCUT2D eigenvalue weighted by atomic mass is 9.74. The summed E-state index contributed by atoms with van der Waals surface area (Å²) in [6.45, 7) is 2.01. The summed E-state index contributed by atoms with van der Waals surface area (Å²) in [6, 6.07) is 26.1. The first-order valence-corrected chi connectivity index (χ1v) is 14.4. The van der Waals surface area contributed by atoms with Crippen LogP contribution >= 0.6 is 0 Å². The van der Waals surface area contributed by atoms with Crippen molar-refractivity contribution >= 4 is 11.8 Å². The number of hydrogen-bond acceptors (Lipinski definition) is 3. The van der Waals surface area contributed by atoms with Crippen LogP contribution in [0.25, 0.3) is 0 Å². The van der Waals surface area contributed by atoms with Gasteiger partial charge >= 0.3 is 0 Å². The van der Waals surface area contributed by atoms with E-state index in [9.17, 15) is 14.0 Å². The number of carbonyl (C=O) groups excluding carboxylic acids is 2. The standard InChI is InChI=1S/C34H39FN2O3/c1-36(24-27-11-4-2-5-12-27)31(38)23-33(26-40-30-13-6-3-7-14-30)19-10-22-37(25-33)32(39)34(20-8-9-21-34)28-15-17-29(35)18-16-28/h2-7,11-18H,8-10,19-26H2,1H3/t33-/m1/s1. The number of halogens is 1. The minimum absolute atomic E-state index is 0.0453. The van der Waals surface area contributed by atoms with Crippen molar-refractivity contribution in [2.45, 2.75) is 56.9 Å². The van der Waals surface area contributed by atoms with Crippen LogP contribution in [0.1, 0.15) is 56.1 Å². The van der Waals surface area contributed by atoms with Gasteiger partial charge in [-0.3, -0.25) is 9.59 Å². The number of ether oxygens (including phenoxy) is 1. The van der Waals surface area contributed by atoms with Crippen LogP contribution in [0.5, 0.6) is 5.75 Å². The average Bonchev–Trinajstić information content (AvgIpc) is 3.48. The summed E-state index contributed by atoms with van der Waals surface area (Å²) in [5.74, 6) is 0.612. The lowest BCUT2D eigenvalue weighted by molar-refractivity contribution is -0.145. The van der Waals surface area contributed by atoms with Gasteiger partial charge < -0.3 is 14.5 Å². The predicted octanol–water partition coefficient (Wildman–Crippen LogP) is 6.37. The molecule has 0 aromatic heterocycles. The Hall–Kier alpha value is -3.67. The zero-order valence-electron chi connectivity index (χ0n) is 23.4. The third-order valence-electron chi connectivity index (χ3n) is 8.71. The number of rotatable bonds is 9. The van der Waals surface area contributed by atoms with Gasteiger partial charge in [-0.2, -0.15) is 0 Å². The molecule has 3 aromatic carbocycles. The zero-order valence-corrected chi connectivity index (χ0v) is 23.4. The molecule has 210 valence electrons. The molecule has 0 N–H and O–H groups in total. The van der Waals surface area contributed by atoms with Gasteiger partial charge in [0.15, 0.2) is 0 Å². The lowest BCUT2D eigenvalue weighted by Gasteiger charge is -2.45. The van der Waals surface area contributed by atoms with Gasteiger partial charge in [-0.15, -0.1) is 0 Å². The quantitative estimate of drug-likeness (QED) is 0.316. The maximum absolute atomic E-state index is 14.3. The molecule has 5 nitrogen and oxygen atoms in total. The maximum Gasteiger partial charge on any atom is 0.233 e. The van der Waals surface area contributed by atoms with Crippen LogP contribution in [-0.2, 0) is 21.5 Å². The minimum Gasteiger partial charge on any atom is -0.493 e. The number of amides is 2. The van der Waals surface area contributed by atoms with Gasteiger partial charge in [0.2, 0.25) is 11.8 Å². The molecule has 6 heteroatoms. The Labute approximate surface area is 236 Å². The molecule has 1 saturated carbocycles. The molecule has 40 heavy (non-hydrogen) atoms. The molecule has 1 atom stereocenters. The van der Waals surface area contributed by atoms with Crippen molar-refractivity contribution in [3.63, 3.8) is 0 Å². The molecule has 5 rings (SSSR count). The SMILES string of the molecule is CN(Cc1ccccc1)C(=O)C[C@]1(COc2ccccc2)CCCN(C(=O)C2(c3ccc(F)cc3)CCCC2)C1. The van der Waals surface area contributed by atoms with Crippen LogP contribution in [-0.4, -0.2) is 48.4 Å². The highest BCUT2D eigenvalue weighted by molar-refractivity contribution is 5.89. The third-order valence-corrected chi connectivity index (χ3v) is 8.71. The summed E-state index contributed by atoms with van der Waals surface area (Å²) in [6.07, 6.45) is 5.39. The summed E-state index contributed by atoms with van der Waals surface area (Å²) >= 11 is 0. The Bertz CT molecular complexity index is 1280. The van der Waals surface area contributed by atoms with E-state index in [0.29, 0.717) is 32.7 Å². The Morgan fingerprint density at radius 2 is 1.52 bits per heavy atom. The van der Waals surface area contributed by atoms with Crippen LogP contribution in [0.3, 0.4) is 0 Å². The molecule has 0 bridgehead atoms. The topological polar surface area (TPSA) is 49.9 Å². The fourth-order valence-corrected chi connectivity index (χ4v) is 6.52. The number of benzene rings is 3. The van der Waals surface area contributed by atoms with E-state index in [4.69, 9.17) is 4.74 Å². The normalized spacial score (nSPS) is 20.2. The van der Waals surface area contributed by atoms with Crippen LogP contribution in [0.15, 0.2) is 84.9 Å². The van der Waals surface area contributed by atoms with Crippen LogP contribution in [0.4, 0.5) is 4.39 Å². The van der Waals surface area contributed by atoms with E-state index in [1.54, 1.807) is 17.0 Å². The van der Waals surface area contributed by atoms with Crippen molar-refractivity contribution < 1.29 is 18.7 Å². The number of para-hydroxylation sites is 1. The summed E-state index contributed by atoms with van der Waals surface area (Å²) in [4.78, 5) is 31.7. The van der Waals surface area contributed by atoms with E-state index < -0.39 is 10.8 Å². The maximum atomic E-state index is 14.3. The first kappa shape index (κ1) is 27.9. The number of piperidine rings is 1. The molecule has 2 aliphatic rings. The smallest absolute Gasteiger partial charge is 0.233 e. The number of likely N-dealkylation sites (tertiary alicyclic amines) is 1. The van der Waals surface area contributed by atoms with Crippen LogP contribution in [0.2, 0.25) is 0 Å². The van der Waals surface area contributed by atoms with E-state index in [1.165, 1.54) is 12.1 Å². The van der Waals surface area contributed by atoms with Crippen molar-refractivity contribution in [1.82, 2.24) is 9.80 Å². The monoisotopic (exact) mass is 542 g/mol. The van der Waals surface area contributed by atoms with Crippen LogP contribution in [0, 0.1) is 11.2 Å². The number of nitrogens with zero attached hydrogens (tertiary/aromatic N) is 2. The lowest BCUT2D eigenvalue weighted by Crippen LogP contribution is -2.55. The number of hydrogen-bond donors (Lipinski definition) is 0. The average molecular weight is 543 g/mol. The second-order valence-corrected chi connectivity index (χ2v) is 11.6. The summed E-state index contributed by atoms with van der Waals surface area (Å²) in [7, 11) is 1.84. The Morgan fingerprint density at radius 1 is 0.875 bits per heavy atom. The molecule has 0 spiro atoms. The molecule has 1 aliphatic heterocycles. The van der Waals surface area contributed by atoms with Crippen LogP contribution < -0.4 is 4.74 Å². The van der Waals surface area contributed by atoms with Gasteiger partial charge in [-0.25, -0.2) is 4.39 Å². The molecular weight excluding hydrogens is 503 g/mol. The minimum atomic E-state index is -0.634. The summed E-state index contributed by atoms with van der Waals surface area (Å²) in [5.41, 5.74) is 0.835. The van der Waals surface area contributed by atoms with Crippen molar-refractivity contribution in [2.75, 3.05) is 26.7 Å². The first-order valence-electron chi connectivity index (χ1n) is 14.4.